The molecule has 1 aromatic rings. The number of rotatable bonds is 7. The predicted octanol–water partition coefficient (Wildman–Crippen LogP) is 3.53. The molecule has 19 heavy (non-hydrogen) atoms. The van der Waals surface area contributed by atoms with E-state index in [1.807, 2.05) is 0 Å². The van der Waals surface area contributed by atoms with Gasteiger partial charge >= 0.3 is 0 Å². The highest BCUT2D eigenvalue weighted by molar-refractivity contribution is 9.09. The summed E-state index contributed by atoms with van der Waals surface area (Å²) in [6.07, 6.45) is 3.03. The number of halogens is 3. The molecule has 0 N–H and O–H groups in total. The Morgan fingerprint density at radius 1 is 1.26 bits per heavy atom. The molecule has 0 bridgehead atoms. The SMILES string of the molecule is CN(CCCCCBr)C(=O)Cc1ccc(F)cc1F. The molecular formula is C14H18BrF2NO. The summed E-state index contributed by atoms with van der Waals surface area (Å²) in [7, 11) is 1.71. The average Bonchev–Trinajstić information content (AvgIpc) is 2.37. The van der Waals surface area contributed by atoms with Crippen LogP contribution in [0, 0.1) is 11.6 Å². The van der Waals surface area contributed by atoms with E-state index in [2.05, 4.69) is 15.9 Å². The van der Waals surface area contributed by atoms with Crippen LogP contribution in [0.15, 0.2) is 18.2 Å². The number of likely N-dealkylation sites (N-methyl/N-ethyl adjacent to an activating group) is 1. The maximum absolute atomic E-state index is 13.4. The van der Waals surface area contributed by atoms with Crippen LogP contribution in [0.2, 0.25) is 0 Å². The van der Waals surface area contributed by atoms with Gasteiger partial charge in [0.2, 0.25) is 5.91 Å². The predicted molar refractivity (Wildman–Crippen MR) is 75.3 cm³/mol. The van der Waals surface area contributed by atoms with Crippen LogP contribution in [0.5, 0.6) is 0 Å². The molecule has 1 amide bonds. The summed E-state index contributed by atoms with van der Waals surface area (Å²) in [6.45, 7) is 0.661. The van der Waals surface area contributed by atoms with Gasteiger partial charge in [0.1, 0.15) is 11.6 Å². The zero-order valence-electron chi connectivity index (χ0n) is 11.0. The van der Waals surface area contributed by atoms with E-state index in [0.717, 1.165) is 30.7 Å². The molecule has 0 heterocycles. The van der Waals surface area contributed by atoms with Crippen LogP contribution in [0.4, 0.5) is 8.78 Å². The lowest BCUT2D eigenvalue weighted by Gasteiger charge is -2.17. The minimum Gasteiger partial charge on any atom is -0.345 e. The van der Waals surface area contributed by atoms with E-state index < -0.39 is 11.6 Å². The first-order chi connectivity index (χ1) is 9.04. The summed E-state index contributed by atoms with van der Waals surface area (Å²) in [5.41, 5.74) is 0.235. The normalized spacial score (nSPS) is 10.5. The lowest BCUT2D eigenvalue weighted by Crippen LogP contribution is -2.29. The fourth-order valence-electron chi connectivity index (χ4n) is 1.71. The number of benzene rings is 1. The van der Waals surface area contributed by atoms with Crippen molar-refractivity contribution >= 4 is 21.8 Å². The number of nitrogens with zero attached hydrogens (tertiary/aromatic N) is 1. The van der Waals surface area contributed by atoms with Crippen LogP contribution in [0.25, 0.3) is 0 Å². The monoisotopic (exact) mass is 333 g/mol. The smallest absolute Gasteiger partial charge is 0.226 e. The molecular weight excluding hydrogens is 316 g/mol. The van der Waals surface area contributed by atoms with E-state index in [1.54, 1.807) is 11.9 Å². The molecule has 0 atom stereocenters. The van der Waals surface area contributed by atoms with E-state index in [1.165, 1.54) is 12.1 Å². The molecule has 0 spiro atoms. The number of amides is 1. The van der Waals surface area contributed by atoms with Crippen molar-refractivity contribution in [3.8, 4) is 0 Å². The first kappa shape index (κ1) is 16.1. The first-order valence-corrected chi connectivity index (χ1v) is 7.40. The summed E-state index contributed by atoms with van der Waals surface area (Å²) in [4.78, 5) is 13.5. The minimum absolute atomic E-state index is 0.0267. The minimum atomic E-state index is -0.666. The quantitative estimate of drug-likeness (QED) is 0.552. The maximum atomic E-state index is 13.4. The third-order valence-electron chi connectivity index (χ3n) is 2.91. The van der Waals surface area contributed by atoms with Gasteiger partial charge in [-0.1, -0.05) is 28.4 Å². The van der Waals surface area contributed by atoms with Gasteiger partial charge in [0, 0.05) is 25.0 Å². The standard InChI is InChI=1S/C14H18BrF2NO/c1-18(8-4-2-3-7-15)14(19)9-11-5-6-12(16)10-13(11)17/h5-6,10H,2-4,7-9H2,1H3. The number of carbonyl (C=O) groups excluding carboxylic acids is 1. The number of alkyl halides is 1. The molecule has 0 fully saturated rings. The van der Waals surface area contributed by atoms with Crippen LogP contribution < -0.4 is 0 Å². The van der Waals surface area contributed by atoms with Gasteiger partial charge in [-0.25, -0.2) is 8.78 Å². The molecule has 1 aromatic carbocycles. The highest BCUT2D eigenvalue weighted by Gasteiger charge is 2.12. The van der Waals surface area contributed by atoms with Crippen molar-refractivity contribution in [2.24, 2.45) is 0 Å². The summed E-state index contributed by atoms with van der Waals surface area (Å²) < 4.78 is 26.2. The molecule has 0 aliphatic carbocycles. The Balaban J connectivity index is 2.45. The number of unbranched alkanes of at least 4 members (excludes halogenated alkanes) is 2. The molecule has 0 saturated carbocycles. The van der Waals surface area contributed by atoms with Gasteiger partial charge < -0.3 is 4.90 Å². The zero-order chi connectivity index (χ0) is 14.3. The van der Waals surface area contributed by atoms with Crippen LogP contribution >= 0.6 is 15.9 Å². The molecule has 0 aliphatic heterocycles. The summed E-state index contributed by atoms with van der Waals surface area (Å²) in [5.74, 6) is -1.44. The molecule has 0 saturated heterocycles. The van der Waals surface area contributed by atoms with E-state index in [-0.39, 0.29) is 17.9 Å². The molecule has 1 rings (SSSR count). The third-order valence-corrected chi connectivity index (χ3v) is 3.47. The number of hydrogen-bond donors (Lipinski definition) is 0. The van der Waals surface area contributed by atoms with Crippen LogP contribution in [0.3, 0.4) is 0 Å². The molecule has 0 radical (unpaired) electrons. The molecule has 0 aliphatic rings. The van der Waals surface area contributed by atoms with Gasteiger partial charge in [0.15, 0.2) is 0 Å². The topological polar surface area (TPSA) is 20.3 Å². The summed E-state index contributed by atoms with van der Waals surface area (Å²) >= 11 is 3.35. The lowest BCUT2D eigenvalue weighted by atomic mass is 10.1. The Bertz CT molecular complexity index is 426. The first-order valence-electron chi connectivity index (χ1n) is 6.28. The van der Waals surface area contributed by atoms with E-state index in [0.29, 0.717) is 6.54 Å². The fourth-order valence-corrected chi connectivity index (χ4v) is 2.10. The molecule has 0 unspecified atom stereocenters. The lowest BCUT2D eigenvalue weighted by molar-refractivity contribution is -0.129. The van der Waals surface area contributed by atoms with Gasteiger partial charge in [-0.15, -0.1) is 0 Å². The largest absolute Gasteiger partial charge is 0.345 e. The highest BCUT2D eigenvalue weighted by atomic mass is 79.9. The van der Waals surface area contributed by atoms with Crippen molar-refractivity contribution < 1.29 is 13.6 Å². The Morgan fingerprint density at radius 2 is 2.00 bits per heavy atom. The summed E-state index contributed by atoms with van der Waals surface area (Å²) in [6, 6.07) is 3.29. The fraction of sp³-hybridized carbons (Fsp3) is 0.500. The van der Waals surface area contributed by atoms with Crippen molar-refractivity contribution in [2.45, 2.75) is 25.7 Å². The Kier molecular flexibility index (Phi) is 6.99. The van der Waals surface area contributed by atoms with Gasteiger partial charge in [0.25, 0.3) is 0 Å². The highest BCUT2D eigenvalue weighted by Crippen LogP contribution is 2.11. The molecule has 2 nitrogen and oxygen atoms in total. The van der Waals surface area contributed by atoms with Crippen LogP contribution in [-0.4, -0.2) is 29.7 Å². The average molecular weight is 334 g/mol. The Morgan fingerprint density at radius 3 is 2.63 bits per heavy atom. The van der Waals surface area contributed by atoms with Gasteiger partial charge in [-0.2, -0.15) is 0 Å². The van der Waals surface area contributed by atoms with Crippen LogP contribution in [-0.2, 0) is 11.2 Å². The second-order valence-electron chi connectivity index (χ2n) is 4.48. The third kappa shape index (κ3) is 5.68. The van der Waals surface area contributed by atoms with E-state index in [9.17, 15) is 13.6 Å². The van der Waals surface area contributed by atoms with Crippen molar-refractivity contribution in [3.63, 3.8) is 0 Å². The van der Waals surface area contributed by atoms with Crippen molar-refractivity contribution in [3.05, 3.63) is 35.4 Å². The molecule has 106 valence electrons. The zero-order valence-corrected chi connectivity index (χ0v) is 12.6. The Hall–Kier alpha value is -0.970. The Labute approximate surface area is 120 Å². The van der Waals surface area contributed by atoms with Crippen molar-refractivity contribution in [1.29, 1.82) is 0 Å². The molecule has 0 aromatic heterocycles. The van der Waals surface area contributed by atoms with Gasteiger partial charge in [-0.3, -0.25) is 4.79 Å². The van der Waals surface area contributed by atoms with Gasteiger partial charge in [0.05, 0.1) is 6.42 Å². The second-order valence-corrected chi connectivity index (χ2v) is 5.27. The van der Waals surface area contributed by atoms with Crippen molar-refractivity contribution in [1.82, 2.24) is 4.90 Å². The van der Waals surface area contributed by atoms with E-state index in [4.69, 9.17) is 0 Å². The molecule has 5 heteroatoms. The number of hydrogen-bond acceptors (Lipinski definition) is 1. The summed E-state index contributed by atoms with van der Waals surface area (Å²) in [5, 5.41) is 0.964. The number of carbonyl (C=O) groups is 1. The van der Waals surface area contributed by atoms with Gasteiger partial charge in [-0.05, 0) is 24.5 Å². The van der Waals surface area contributed by atoms with Crippen molar-refractivity contribution in [2.75, 3.05) is 18.9 Å². The second kappa shape index (κ2) is 8.25. The maximum Gasteiger partial charge on any atom is 0.226 e. The van der Waals surface area contributed by atoms with Crippen LogP contribution in [0.1, 0.15) is 24.8 Å². The van der Waals surface area contributed by atoms with E-state index >= 15 is 0 Å².